The van der Waals surface area contributed by atoms with Gasteiger partial charge in [0.25, 0.3) is 5.91 Å². The number of ether oxygens (including phenoxy) is 2. The van der Waals surface area contributed by atoms with Crippen LogP contribution in [0, 0.1) is 17.6 Å². The van der Waals surface area contributed by atoms with E-state index in [2.05, 4.69) is 16.0 Å². The summed E-state index contributed by atoms with van der Waals surface area (Å²) >= 11 is 0. The first kappa shape index (κ1) is 37.2. The first-order valence-corrected chi connectivity index (χ1v) is 16.1. The average Bonchev–Trinajstić information content (AvgIpc) is 3.43. The smallest absolute Gasteiger partial charge is 0.410 e. The molecule has 0 bridgehead atoms. The lowest BCUT2D eigenvalue weighted by Gasteiger charge is -2.36. The average molecular weight is 687 g/mol. The highest BCUT2D eigenvalue weighted by atomic mass is 19.1. The van der Waals surface area contributed by atoms with Crippen LogP contribution in [-0.2, 0) is 35.2 Å². The van der Waals surface area contributed by atoms with E-state index in [-0.39, 0.29) is 25.4 Å². The van der Waals surface area contributed by atoms with Crippen LogP contribution in [0.5, 0.6) is 0 Å². The number of halogens is 2. The second-order valence-electron chi connectivity index (χ2n) is 13.2. The summed E-state index contributed by atoms with van der Waals surface area (Å²) in [5.74, 6) is -4.94. The number of carbonyl (C=O) groups is 5. The Morgan fingerprint density at radius 1 is 1.06 bits per heavy atom. The van der Waals surface area contributed by atoms with Crippen molar-refractivity contribution in [2.24, 2.45) is 11.7 Å². The van der Waals surface area contributed by atoms with E-state index >= 15 is 0 Å². The SMILES string of the molecule is CC(C(=O)NC(C(=O)N1Cc2ccc(NC(=O)CCN)cc2[C@H]1C(=O)Nc1c(F)cccc1F)C1CCOCC1)N(C)C(=O)OC(C)(C)C. The minimum atomic E-state index is -1.39. The molecule has 2 aromatic rings. The van der Waals surface area contributed by atoms with Crippen molar-refractivity contribution in [3.63, 3.8) is 0 Å². The molecule has 13 nitrogen and oxygen atoms in total. The summed E-state index contributed by atoms with van der Waals surface area (Å²) in [6.45, 7) is 7.29. The third kappa shape index (κ3) is 9.09. The minimum absolute atomic E-state index is 0.0478. The lowest BCUT2D eigenvalue weighted by Crippen LogP contribution is -2.57. The van der Waals surface area contributed by atoms with Crippen molar-refractivity contribution in [1.29, 1.82) is 0 Å². The number of para-hydroxylation sites is 1. The van der Waals surface area contributed by atoms with Crippen molar-refractivity contribution in [3.8, 4) is 0 Å². The quantitative estimate of drug-likeness (QED) is 0.294. The number of nitrogens with zero attached hydrogens (tertiary/aromatic N) is 2. The van der Waals surface area contributed by atoms with Crippen LogP contribution in [0.15, 0.2) is 36.4 Å². The fourth-order valence-corrected chi connectivity index (χ4v) is 5.72. The molecule has 2 aliphatic rings. The Bertz CT molecular complexity index is 1560. The van der Waals surface area contributed by atoms with Gasteiger partial charge >= 0.3 is 6.09 Å². The summed E-state index contributed by atoms with van der Waals surface area (Å²) in [7, 11) is 1.41. The first-order valence-electron chi connectivity index (χ1n) is 16.1. The highest BCUT2D eigenvalue weighted by Crippen LogP contribution is 2.38. The Morgan fingerprint density at radius 2 is 1.71 bits per heavy atom. The fourth-order valence-electron chi connectivity index (χ4n) is 5.72. The number of anilines is 2. The Hall–Kier alpha value is -4.63. The highest BCUT2D eigenvalue weighted by molar-refractivity contribution is 6.01. The van der Waals surface area contributed by atoms with Gasteiger partial charge in [-0.25, -0.2) is 13.6 Å². The van der Waals surface area contributed by atoms with Gasteiger partial charge in [-0.3, -0.25) is 24.1 Å². The normalized spacial score (nSPS) is 17.4. The predicted octanol–water partition coefficient (Wildman–Crippen LogP) is 3.44. The Kier molecular flexibility index (Phi) is 11.9. The largest absolute Gasteiger partial charge is 0.444 e. The lowest BCUT2D eigenvalue weighted by atomic mass is 9.90. The molecule has 2 unspecified atom stereocenters. The van der Waals surface area contributed by atoms with Gasteiger partial charge in [0.2, 0.25) is 17.7 Å². The third-order valence-corrected chi connectivity index (χ3v) is 8.43. The van der Waals surface area contributed by atoms with Crippen LogP contribution in [0.3, 0.4) is 0 Å². The second kappa shape index (κ2) is 15.7. The second-order valence-corrected chi connectivity index (χ2v) is 13.2. The maximum Gasteiger partial charge on any atom is 0.410 e. The molecule has 2 aromatic carbocycles. The number of nitrogens with two attached hydrogens (primary N) is 1. The van der Waals surface area contributed by atoms with Gasteiger partial charge in [-0.05, 0) is 81.8 Å². The molecule has 266 valence electrons. The number of likely N-dealkylation sites (N-methyl/N-ethyl adjacent to an activating group) is 1. The molecule has 49 heavy (non-hydrogen) atoms. The first-order chi connectivity index (χ1) is 23.1. The van der Waals surface area contributed by atoms with Crippen LogP contribution >= 0.6 is 0 Å². The topological polar surface area (TPSA) is 172 Å². The van der Waals surface area contributed by atoms with Gasteiger partial charge in [-0.15, -0.1) is 0 Å². The molecule has 1 fully saturated rings. The van der Waals surface area contributed by atoms with E-state index in [0.29, 0.717) is 42.9 Å². The summed E-state index contributed by atoms with van der Waals surface area (Å²) in [6, 6.07) is 4.33. The molecule has 2 heterocycles. The predicted molar refractivity (Wildman–Crippen MR) is 176 cm³/mol. The third-order valence-electron chi connectivity index (χ3n) is 8.43. The van der Waals surface area contributed by atoms with E-state index < -0.39 is 70.8 Å². The van der Waals surface area contributed by atoms with Crippen molar-refractivity contribution in [2.45, 2.75) is 77.2 Å². The highest BCUT2D eigenvalue weighted by Gasteiger charge is 2.44. The maximum atomic E-state index is 14.6. The van der Waals surface area contributed by atoms with Gasteiger partial charge in [0.1, 0.15) is 41.0 Å². The number of hydrogen-bond donors (Lipinski definition) is 4. The zero-order valence-electron chi connectivity index (χ0n) is 28.3. The number of nitrogens with one attached hydrogen (secondary N) is 3. The number of fused-ring (bicyclic) bond motifs is 1. The molecule has 0 saturated carbocycles. The van der Waals surface area contributed by atoms with Gasteiger partial charge < -0.3 is 36.1 Å². The number of rotatable bonds is 10. The van der Waals surface area contributed by atoms with Gasteiger partial charge in [0.15, 0.2) is 0 Å². The maximum absolute atomic E-state index is 14.6. The molecule has 0 spiro atoms. The molecule has 5 amide bonds. The van der Waals surface area contributed by atoms with Crippen molar-refractivity contribution < 1.29 is 42.2 Å². The van der Waals surface area contributed by atoms with Gasteiger partial charge in [-0.1, -0.05) is 12.1 Å². The molecule has 4 rings (SSSR count). The molecule has 5 N–H and O–H groups in total. The van der Waals surface area contributed by atoms with Crippen LogP contribution in [-0.4, -0.2) is 84.0 Å². The van der Waals surface area contributed by atoms with E-state index in [1.54, 1.807) is 32.9 Å². The van der Waals surface area contributed by atoms with Crippen molar-refractivity contribution in [2.75, 3.05) is 37.4 Å². The van der Waals surface area contributed by atoms with E-state index in [4.69, 9.17) is 15.2 Å². The number of benzene rings is 2. The zero-order valence-corrected chi connectivity index (χ0v) is 28.3. The molecule has 0 radical (unpaired) electrons. The number of hydrogen-bond acceptors (Lipinski definition) is 8. The van der Waals surface area contributed by atoms with Crippen LogP contribution < -0.4 is 21.7 Å². The van der Waals surface area contributed by atoms with E-state index in [1.807, 2.05) is 0 Å². The van der Waals surface area contributed by atoms with Crippen LogP contribution in [0.4, 0.5) is 25.0 Å². The molecule has 0 aromatic heterocycles. The molecular weight excluding hydrogens is 642 g/mol. The van der Waals surface area contributed by atoms with Crippen molar-refractivity contribution in [1.82, 2.24) is 15.1 Å². The van der Waals surface area contributed by atoms with E-state index in [9.17, 15) is 32.8 Å². The summed E-state index contributed by atoms with van der Waals surface area (Å²) in [5.41, 5.74) is 5.21. The fraction of sp³-hybridized carbons (Fsp3) is 0.500. The van der Waals surface area contributed by atoms with E-state index in [1.165, 1.54) is 24.9 Å². The standard InChI is InChI=1S/C34H44F2N6O7/c1-19(41(5)33(47)49-34(2,3)4)30(44)39-27(20-12-15-48-16-13-20)32(46)42-18-21-9-10-22(38-26(43)11-14-37)17-23(21)29(42)31(45)40-28-24(35)7-6-8-25(28)36/h6-10,17,19-20,27,29H,11-16,18,37H2,1-5H3,(H,38,43)(H,39,44)(H,40,45)/t19?,27?,29-/m0/s1. The molecule has 1 saturated heterocycles. The Balaban J connectivity index is 1.68. The molecule has 2 aliphatic heterocycles. The minimum Gasteiger partial charge on any atom is -0.444 e. The van der Waals surface area contributed by atoms with Crippen LogP contribution in [0.25, 0.3) is 0 Å². The summed E-state index contributed by atoms with van der Waals surface area (Å²) in [6.07, 6.45) is 0.155. The van der Waals surface area contributed by atoms with Gasteiger partial charge in [0, 0.05) is 45.5 Å². The zero-order chi connectivity index (χ0) is 36.0. The lowest BCUT2D eigenvalue weighted by molar-refractivity contribution is -0.144. The molecular formula is C34H44F2N6O7. The molecule has 3 atom stereocenters. The van der Waals surface area contributed by atoms with E-state index in [0.717, 1.165) is 23.1 Å². The molecule has 15 heteroatoms. The van der Waals surface area contributed by atoms with Crippen LogP contribution in [0.1, 0.15) is 64.1 Å². The van der Waals surface area contributed by atoms with Crippen molar-refractivity contribution >= 4 is 41.1 Å². The van der Waals surface area contributed by atoms with Crippen LogP contribution in [0.2, 0.25) is 0 Å². The summed E-state index contributed by atoms with van der Waals surface area (Å²) in [5, 5.41) is 7.81. The summed E-state index contributed by atoms with van der Waals surface area (Å²) < 4.78 is 40.2. The summed E-state index contributed by atoms with van der Waals surface area (Å²) in [4.78, 5) is 69.5. The molecule has 0 aliphatic carbocycles. The number of carbonyl (C=O) groups excluding carboxylic acids is 5. The van der Waals surface area contributed by atoms with Crippen molar-refractivity contribution in [3.05, 3.63) is 59.2 Å². The number of amides is 5. The Morgan fingerprint density at radius 3 is 2.33 bits per heavy atom. The Labute approximate surface area is 283 Å². The van der Waals surface area contributed by atoms with Gasteiger partial charge in [0.05, 0.1) is 0 Å². The monoisotopic (exact) mass is 686 g/mol. The van der Waals surface area contributed by atoms with Gasteiger partial charge in [-0.2, -0.15) is 0 Å².